The first kappa shape index (κ1) is 13.0. The molecule has 0 bridgehead atoms. The van der Waals surface area contributed by atoms with Crippen molar-refractivity contribution in [3.8, 4) is 0 Å². The topological polar surface area (TPSA) is 62.4 Å². The Kier molecular flexibility index (Phi) is 4.56. The maximum atomic E-state index is 5.53. The quantitative estimate of drug-likeness (QED) is 0.310. The van der Waals surface area contributed by atoms with Crippen LogP contribution in [0.25, 0.3) is 0 Å². The molecule has 0 aromatic heterocycles. The molecule has 0 amide bonds. The molecule has 4 nitrogen and oxygen atoms in total. The van der Waals surface area contributed by atoms with Crippen LogP contribution in [0, 0.1) is 0 Å². The summed E-state index contributed by atoms with van der Waals surface area (Å²) in [5.74, 6) is 6.31. The molecule has 0 aromatic carbocycles. The maximum Gasteiger partial charge on any atom is 0.205 e. The van der Waals surface area contributed by atoms with Gasteiger partial charge in [-0.3, -0.25) is 10.4 Å². The van der Waals surface area contributed by atoms with E-state index in [2.05, 4.69) is 22.0 Å². The Morgan fingerprint density at radius 1 is 1.35 bits per heavy atom. The van der Waals surface area contributed by atoms with E-state index in [1.807, 2.05) is 11.8 Å². The average molecular weight is 256 g/mol. The summed E-state index contributed by atoms with van der Waals surface area (Å²) in [5, 5.41) is 3.43. The number of aliphatic imine (C=N–C) groups is 1. The van der Waals surface area contributed by atoms with Crippen LogP contribution in [0.3, 0.4) is 0 Å². The van der Waals surface area contributed by atoms with Crippen LogP contribution in [0.5, 0.6) is 0 Å². The largest absolute Gasteiger partial charge is 0.353 e. The lowest BCUT2D eigenvalue weighted by Crippen LogP contribution is -2.47. The molecule has 98 valence electrons. The van der Waals surface area contributed by atoms with Crippen LogP contribution in [0.15, 0.2) is 4.99 Å². The molecule has 0 unspecified atom stereocenters. The molecule has 0 aliphatic heterocycles. The second-order valence-corrected chi connectivity index (χ2v) is 6.45. The van der Waals surface area contributed by atoms with Crippen LogP contribution in [-0.2, 0) is 0 Å². The van der Waals surface area contributed by atoms with Crippen LogP contribution in [-0.4, -0.2) is 29.5 Å². The van der Waals surface area contributed by atoms with E-state index in [1.54, 1.807) is 0 Å². The minimum atomic E-state index is 0.413. The van der Waals surface area contributed by atoms with E-state index in [1.165, 1.54) is 44.9 Å². The lowest BCUT2D eigenvalue weighted by molar-refractivity contribution is 0.410. The number of rotatable bonds is 4. The fourth-order valence-corrected chi connectivity index (χ4v) is 3.07. The van der Waals surface area contributed by atoms with Gasteiger partial charge in [-0.25, -0.2) is 5.84 Å². The summed E-state index contributed by atoms with van der Waals surface area (Å²) in [5.41, 5.74) is 2.70. The van der Waals surface area contributed by atoms with E-state index in [0.29, 0.717) is 10.8 Å². The van der Waals surface area contributed by atoms with Crippen LogP contribution in [0.4, 0.5) is 0 Å². The molecule has 0 aromatic rings. The van der Waals surface area contributed by atoms with E-state index in [0.717, 1.165) is 12.5 Å². The zero-order valence-electron chi connectivity index (χ0n) is 10.7. The molecular formula is C12H24N4S. The lowest BCUT2D eigenvalue weighted by atomic mass is 9.96. The second-order valence-electron chi connectivity index (χ2n) is 5.18. The summed E-state index contributed by atoms with van der Waals surface area (Å²) in [7, 11) is 0. The van der Waals surface area contributed by atoms with Gasteiger partial charge in [-0.15, -0.1) is 0 Å². The van der Waals surface area contributed by atoms with Gasteiger partial charge in [-0.2, -0.15) is 11.8 Å². The fraction of sp³-hybridized carbons (Fsp3) is 0.917. The molecular weight excluding hydrogens is 232 g/mol. The van der Waals surface area contributed by atoms with Gasteiger partial charge in [0, 0.05) is 10.8 Å². The Balaban J connectivity index is 1.80. The van der Waals surface area contributed by atoms with Crippen molar-refractivity contribution in [2.24, 2.45) is 10.8 Å². The Hall–Kier alpha value is -0.420. The second kappa shape index (κ2) is 5.96. The molecule has 2 aliphatic carbocycles. The predicted octanol–water partition coefficient (Wildman–Crippen LogP) is 1.62. The van der Waals surface area contributed by atoms with Gasteiger partial charge in [-0.05, 0) is 31.9 Å². The van der Waals surface area contributed by atoms with Crippen molar-refractivity contribution in [2.45, 2.75) is 55.7 Å². The monoisotopic (exact) mass is 256 g/mol. The third kappa shape index (κ3) is 3.78. The molecule has 2 aliphatic rings. The number of nitrogens with zero attached hydrogens (tertiary/aromatic N) is 1. The first-order valence-corrected chi connectivity index (χ1v) is 7.83. The van der Waals surface area contributed by atoms with Gasteiger partial charge in [0.25, 0.3) is 0 Å². The molecule has 0 spiro atoms. The normalized spacial score (nSPS) is 24.5. The third-order valence-corrected chi connectivity index (χ3v) is 5.25. The van der Waals surface area contributed by atoms with Gasteiger partial charge in [0.1, 0.15) is 0 Å². The number of nitrogens with two attached hydrogens (primary N) is 1. The fourth-order valence-electron chi connectivity index (χ4n) is 2.36. The minimum Gasteiger partial charge on any atom is -0.353 e. The summed E-state index contributed by atoms with van der Waals surface area (Å²) in [6.07, 6.45) is 11.3. The van der Waals surface area contributed by atoms with Gasteiger partial charge in [0.05, 0.1) is 6.54 Å². The smallest absolute Gasteiger partial charge is 0.205 e. The Labute approximate surface area is 108 Å². The highest BCUT2D eigenvalue weighted by molar-refractivity contribution is 8.00. The van der Waals surface area contributed by atoms with Crippen LogP contribution < -0.4 is 16.6 Å². The Bertz CT molecular complexity index is 270. The number of nitrogens with one attached hydrogen (secondary N) is 2. The van der Waals surface area contributed by atoms with E-state index < -0.39 is 0 Å². The van der Waals surface area contributed by atoms with Crippen molar-refractivity contribution in [3.05, 3.63) is 0 Å². The highest BCUT2D eigenvalue weighted by Crippen LogP contribution is 2.47. The zero-order valence-corrected chi connectivity index (χ0v) is 11.5. The zero-order chi connectivity index (χ0) is 12.1. The highest BCUT2D eigenvalue weighted by Gasteiger charge is 2.41. The summed E-state index contributed by atoms with van der Waals surface area (Å²) in [4.78, 5) is 4.59. The van der Waals surface area contributed by atoms with Crippen molar-refractivity contribution in [1.82, 2.24) is 10.7 Å². The number of guanidine groups is 1. The lowest BCUT2D eigenvalue weighted by Gasteiger charge is -2.24. The van der Waals surface area contributed by atoms with Crippen molar-refractivity contribution in [1.29, 1.82) is 0 Å². The molecule has 2 rings (SSSR count). The Morgan fingerprint density at radius 3 is 2.59 bits per heavy atom. The SMILES string of the molecule is CSC1(CN=C(NN)NC2CCCCC2)CC1. The van der Waals surface area contributed by atoms with Crippen LogP contribution in [0.1, 0.15) is 44.9 Å². The predicted molar refractivity (Wildman–Crippen MR) is 75.1 cm³/mol. The molecule has 4 N–H and O–H groups in total. The maximum absolute atomic E-state index is 5.53. The van der Waals surface area contributed by atoms with E-state index >= 15 is 0 Å². The number of thioether (sulfide) groups is 1. The van der Waals surface area contributed by atoms with E-state index in [4.69, 9.17) is 5.84 Å². The standard InChI is InChI=1S/C12H24N4S/c1-17-12(7-8-12)9-14-11(16-13)15-10-5-3-2-4-6-10/h10H,2-9,13H2,1H3,(H2,14,15,16). The van der Waals surface area contributed by atoms with Crippen LogP contribution in [0.2, 0.25) is 0 Å². The van der Waals surface area contributed by atoms with Gasteiger partial charge in [0.15, 0.2) is 0 Å². The third-order valence-electron chi connectivity index (χ3n) is 3.85. The van der Waals surface area contributed by atoms with Gasteiger partial charge in [0.2, 0.25) is 5.96 Å². The number of hydrogen-bond donors (Lipinski definition) is 3. The first-order valence-electron chi connectivity index (χ1n) is 6.61. The van der Waals surface area contributed by atoms with Crippen LogP contribution >= 0.6 is 11.8 Å². The molecule has 2 saturated carbocycles. The molecule has 2 fully saturated rings. The van der Waals surface area contributed by atoms with Gasteiger partial charge >= 0.3 is 0 Å². The molecule has 0 heterocycles. The molecule has 0 radical (unpaired) electrons. The summed E-state index contributed by atoms with van der Waals surface area (Å²) in [6.45, 7) is 0.882. The highest BCUT2D eigenvalue weighted by atomic mass is 32.2. The van der Waals surface area contributed by atoms with E-state index in [-0.39, 0.29) is 0 Å². The minimum absolute atomic E-state index is 0.413. The summed E-state index contributed by atoms with van der Waals surface area (Å²) < 4.78 is 0.413. The molecule has 5 heteroatoms. The van der Waals surface area contributed by atoms with Crippen molar-refractivity contribution < 1.29 is 0 Å². The molecule has 0 saturated heterocycles. The number of hydrogen-bond acceptors (Lipinski definition) is 3. The Morgan fingerprint density at radius 2 is 2.06 bits per heavy atom. The van der Waals surface area contributed by atoms with Gasteiger partial charge in [-0.1, -0.05) is 19.3 Å². The van der Waals surface area contributed by atoms with Crippen molar-refractivity contribution in [3.63, 3.8) is 0 Å². The van der Waals surface area contributed by atoms with Crippen molar-refractivity contribution >= 4 is 17.7 Å². The summed E-state index contributed by atoms with van der Waals surface area (Å²) >= 11 is 1.93. The number of hydrazine groups is 1. The van der Waals surface area contributed by atoms with E-state index in [9.17, 15) is 0 Å². The average Bonchev–Trinajstić information content (AvgIpc) is 3.16. The molecule has 0 atom stereocenters. The summed E-state index contributed by atoms with van der Waals surface area (Å²) in [6, 6.07) is 0.558. The van der Waals surface area contributed by atoms with Crippen molar-refractivity contribution in [2.75, 3.05) is 12.8 Å². The molecule has 17 heavy (non-hydrogen) atoms. The first-order chi connectivity index (χ1) is 8.28. The van der Waals surface area contributed by atoms with Gasteiger partial charge < -0.3 is 5.32 Å².